The Balaban J connectivity index is 1.80. The molecule has 0 radical (unpaired) electrons. The van der Waals surface area contributed by atoms with Gasteiger partial charge in [0.1, 0.15) is 0 Å². The van der Waals surface area contributed by atoms with Gasteiger partial charge in [0.05, 0.1) is 21.5 Å². The van der Waals surface area contributed by atoms with Crippen molar-refractivity contribution in [2.45, 2.75) is 0 Å². The van der Waals surface area contributed by atoms with Crippen LogP contribution in [0.2, 0.25) is 0 Å². The van der Waals surface area contributed by atoms with Gasteiger partial charge < -0.3 is 20.0 Å². The van der Waals surface area contributed by atoms with E-state index in [-0.39, 0.29) is 11.4 Å². The number of rotatable bonds is 5. The van der Waals surface area contributed by atoms with E-state index in [1.54, 1.807) is 0 Å². The smallest absolute Gasteiger partial charge is 0.284 e. The average Bonchev–Trinajstić information content (AvgIpc) is 2.79. The summed E-state index contributed by atoms with van der Waals surface area (Å²) in [5.41, 5.74) is 2.60. The summed E-state index contributed by atoms with van der Waals surface area (Å²) < 4.78 is 0. The minimum absolute atomic E-state index is 0.252. The third kappa shape index (κ3) is 4.44. The van der Waals surface area contributed by atoms with Gasteiger partial charge in [-0.15, -0.1) is 0 Å². The third-order valence-electron chi connectivity index (χ3n) is 5.99. The number of anilines is 2. The molecule has 2 aromatic carbocycles. The highest BCUT2D eigenvalue weighted by Gasteiger charge is 2.25. The molecular weight excluding hydrogens is 400 g/mol. The quantitative estimate of drug-likeness (QED) is 0.573. The van der Waals surface area contributed by atoms with Crippen LogP contribution in [0, 0.1) is 20.2 Å². The van der Waals surface area contributed by atoms with Crippen LogP contribution >= 0.6 is 0 Å². The van der Waals surface area contributed by atoms with Gasteiger partial charge in [-0.05, 0) is 31.3 Å². The Bertz CT molecular complexity index is 984. The summed E-state index contributed by atoms with van der Waals surface area (Å²) in [7, 11) is 2.11. The first-order valence-corrected chi connectivity index (χ1v) is 10.4. The molecule has 0 bridgehead atoms. The van der Waals surface area contributed by atoms with Gasteiger partial charge in [-0.25, -0.2) is 0 Å². The van der Waals surface area contributed by atoms with Gasteiger partial charge in [0, 0.05) is 75.4 Å². The van der Waals surface area contributed by atoms with Gasteiger partial charge in [-0.2, -0.15) is 0 Å². The maximum atomic E-state index is 11.7. The number of hydrogen-bond donors (Lipinski definition) is 1. The summed E-state index contributed by atoms with van der Waals surface area (Å²) in [4.78, 5) is 28.6. The molecule has 2 heterocycles. The molecule has 31 heavy (non-hydrogen) atoms. The Kier molecular flexibility index (Phi) is 6.01. The molecule has 164 valence electrons. The minimum Gasteiger partial charge on any atom is -0.369 e. The highest BCUT2D eigenvalue weighted by molar-refractivity contribution is 5.87. The Morgan fingerprint density at radius 1 is 0.806 bits per heavy atom. The molecule has 10 nitrogen and oxygen atoms in total. The first-order valence-electron chi connectivity index (χ1n) is 10.4. The molecule has 10 heteroatoms. The number of benzene rings is 2. The zero-order valence-electron chi connectivity index (χ0n) is 17.5. The fraction of sp³-hybridized carbons (Fsp3) is 0.429. The molecule has 1 N–H and O–H groups in total. The van der Waals surface area contributed by atoms with Crippen LogP contribution < -0.4 is 15.1 Å². The fourth-order valence-electron chi connectivity index (χ4n) is 4.19. The van der Waals surface area contributed by atoms with E-state index in [0.29, 0.717) is 5.56 Å². The van der Waals surface area contributed by atoms with Crippen LogP contribution in [0.3, 0.4) is 0 Å². The van der Waals surface area contributed by atoms with E-state index in [1.165, 1.54) is 12.1 Å². The molecule has 2 saturated heterocycles. The maximum Gasteiger partial charge on any atom is 0.284 e. The number of nitrogens with one attached hydrogen (secondary N) is 1. The Hall–Kier alpha value is -3.24. The normalized spacial score (nSPS) is 17.6. The van der Waals surface area contributed by atoms with Crippen molar-refractivity contribution < 1.29 is 9.85 Å². The van der Waals surface area contributed by atoms with Crippen molar-refractivity contribution in [2.75, 3.05) is 69.2 Å². The monoisotopic (exact) mass is 426 g/mol. The van der Waals surface area contributed by atoms with Crippen molar-refractivity contribution in [3.8, 4) is 11.1 Å². The molecule has 4 rings (SSSR count). The van der Waals surface area contributed by atoms with E-state index in [1.807, 2.05) is 12.1 Å². The minimum atomic E-state index is -0.607. The lowest BCUT2D eigenvalue weighted by molar-refractivity contribution is -0.393. The van der Waals surface area contributed by atoms with Gasteiger partial charge in [0.2, 0.25) is 0 Å². The lowest BCUT2D eigenvalue weighted by Gasteiger charge is -2.36. The second kappa shape index (κ2) is 8.86. The second-order valence-electron chi connectivity index (χ2n) is 7.94. The van der Waals surface area contributed by atoms with E-state index in [4.69, 9.17) is 0 Å². The summed E-state index contributed by atoms with van der Waals surface area (Å²) in [5, 5.41) is 26.2. The van der Waals surface area contributed by atoms with Crippen molar-refractivity contribution in [3.05, 3.63) is 56.6 Å². The molecule has 2 aromatic rings. The first-order chi connectivity index (χ1) is 14.9. The van der Waals surface area contributed by atoms with Crippen molar-refractivity contribution in [1.82, 2.24) is 10.2 Å². The standard InChI is InChI=1S/C21H26N6O4/c1-23-10-12-24(13-11-23)16-2-4-18(20(14-16)25-8-6-22-7-9-25)19-5-3-17(26(28)29)15-21(19)27(30)31/h2-5,14-15,22H,6-13H2,1H3. The zero-order chi connectivity index (χ0) is 22.0. The summed E-state index contributed by atoms with van der Waals surface area (Å²) in [5.74, 6) is 0. The highest BCUT2D eigenvalue weighted by Crippen LogP contribution is 2.40. The maximum absolute atomic E-state index is 11.7. The molecule has 0 saturated carbocycles. The van der Waals surface area contributed by atoms with E-state index in [2.05, 4.69) is 33.1 Å². The number of nitro groups is 2. The van der Waals surface area contributed by atoms with Gasteiger partial charge in [-0.1, -0.05) is 0 Å². The summed E-state index contributed by atoms with van der Waals surface area (Å²) in [6.45, 7) is 7.07. The van der Waals surface area contributed by atoms with Crippen molar-refractivity contribution in [1.29, 1.82) is 0 Å². The summed E-state index contributed by atoms with van der Waals surface area (Å²) >= 11 is 0. The Labute approximate surface area is 180 Å². The number of hydrogen-bond acceptors (Lipinski definition) is 8. The Morgan fingerprint density at radius 3 is 2.13 bits per heavy atom. The number of nitro benzene ring substituents is 2. The van der Waals surface area contributed by atoms with E-state index >= 15 is 0 Å². The van der Waals surface area contributed by atoms with Gasteiger partial charge in [-0.3, -0.25) is 20.2 Å². The lowest BCUT2D eigenvalue weighted by atomic mass is 9.99. The Morgan fingerprint density at radius 2 is 1.48 bits per heavy atom. The number of nitrogens with zero attached hydrogens (tertiary/aromatic N) is 5. The number of likely N-dealkylation sites (N-methyl/N-ethyl adjacent to an activating group) is 1. The van der Waals surface area contributed by atoms with Crippen LogP contribution in [0.4, 0.5) is 22.7 Å². The van der Waals surface area contributed by atoms with Crippen molar-refractivity contribution in [3.63, 3.8) is 0 Å². The van der Waals surface area contributed by atoms with Crippen LogP contribution in [0.1, 0.15) is 0 Å². The molecule has 2 fully saturated rings. The van der Waals surface area contributed by atoms with E-state index in [0.717, 1.165) is 75.4 Å². The molecule has 0 aliphatic carbocycles. The molecule has 0 spiro atoms. The van der Waals surface area contributed by atoms with Crippen LogP contribution in [0.15, 0.2) is 36.4 Å². The average molecular weight is 426 g/mol. The molecule has 0 amide bonds. The van der Waals surface area contributed by atoms with Gasteiger partial charge >= 0.3 is 0 Å². The molecule has 0 aromatic heterocycles. The fourth-order valence-corrected chi connectivity index (χ4v) is 4.19. The molecule has 0 atom stereocenters. The lowest BCUT2D eigenvalue weighted by Crippen LogP contribution is -2.45. The predicted octanol–water partition coefficient (Wildman–Crippen LogP) is 2.33. The number of non-ortho nitro benzene ring substituents is 1. The second-order valence-corrected chi connectivity index (χ2v) is 7.94. The van der Waals surface area contributed by atoms with Crippen molar-refractivity contribution in [2.24, 2.45) is 0 Å². The van der Waals surface area contributed by atoms with Crippen LogP contribution in [-0.2, 0) is 0 Å². The van der Waals surface area contributed by atoms with E-state index < -0.39 is 9.85 Å². The van der Waals surface area contributed by atoms with E-state index in [9.17, 15) is 20.2 Å². The number of piperazine rings is 2. The van der Waals surface area contributed by atoms with Crippen LogP contribution in [-0.4, -0.2) is 74.2 Å². The molecule has 2 aliphatic rings. The summed E-state index contributed by atoms with van der Waals surface area (Å²) in [6, 6.07) is 9.89. The first kappa shape index (κ1) is 21.0. The molecular formula is C21H26N6O4. The highest BCUT2D eigenvalue weighted by atomic mass is 16.6. The zero-order valence-corrected chi connectivity index (χ0v) is 17.5. The van der Waals surface area contributed by atoms with Gasteiger partial charge in [0.15, 0.2) is 0 Å². The molecule has 0 unspecified atom stereocenters. The topological polar surface area (TPSA) is 108 Å². The van der Waals surface area contributed by atoms with Gasteiger partial charge in [0.25, 0.3) is 11.4 Å². The SMILES string of the molecule is CN1CCN(c2ccc(-c3ccc([N+](=O)[O-])cc3[N+](=O)[O-])c(N3CCNCC3)c2)CC1. The predicted molar refractivity (Wildman–Crippen MR) is 120 cm³/mol. The largest absolute Gasteiger partial charge is 0.369 e. The van der Waals surface area contributed by atoms with Crippen LogP contribution in [0.25, 0.3) is 11.1 Å². The summed E-state index contributed by atoms with van der Waals surface area (Å²) in [6.07, 6.45) is 0. The third-order valence-corrected chi connectivity index (χ3v) is 5.99. The molecule has 2 aliphatic heterocycles. The van der Waals surface area contributed by atoms with Crippen molar-refractivity contribution >= 4 is 22.7 Å². The van der Waals surface area contributed by atoms with Crippen LogP contribution in [0.5, 0.6) is 0 Å².